The van der Waals surface area contributed by atoms with Gasteiger partial charge in [0.25, 0.3) is 5.91 Å². The van der Waals surface area contributed by atoms with Gasteiger partial charge in [-0.2, -0.15) is 0 Å². The summed E-state index contributed by atoms with van der Waals surface area (Å²) in [5.74, 6) is 1.19. The smallest absolute Gasteiger partial charge is 0.251 e. The highest BCUT2D eigenvalue weighted by Gasteiger charge is 2.12. The Balaban J connectivity index is 1.88. The van der Waals surface area contributed by atoms with Gasteiger partial charge < -0.3 is 19.7 Å². The quantitative estimate of drug-likeness (QED) is 0.722. The Morgan fingerprint density at radius 1 is 1.00 bits per heavy atom. The van der Waals surface area contributed by atoms with Crippen molar-refractivity contribution in [3.63, 3.8) is 0 Å². The molecule has 0 aliphatic heterocycles. The van der Waals surface area contributed by atoms with Crippen molar-refractivity contribution in [3.8, 4) is 11.5 Å². The Kier molecular flexibility index (Phi) is 7.87. The summed E-state index contributed by atoms with van der Waals surface area (Å²) in [6.45, 7) is 4.91. The number of hydrogen-bond acceptors (Lipinski definition) is 4. The number of hydrogen-bond donors (Lipinski definition) is 1. The zero-order valence-corrected chi connectivity index (χ0v) is 17.0. The minimum Gasteiger partial charge on any atom is -0.493 e. The maximum atomic E-state index is 12.2. The molecule has 0 radical (unpaired) electrons. The molecule has 0 atom stereocenters. The summed E-state index contributed by atoms with van der Waals surface area (Å²) < 4.78 is 10.6. The highest BCUT2D eigenvalue weighted by Crippen LogP contribution is 2.27. The van der Waals surface area contributed by atoms with E-state index in [1.54, 1.807) is 25.2 Å². The van der Waals surface area contributed by atoms with Crippen LogP contribution in [0.1, 0.15) is 28.4 Å². The molecule has 0 saturated carbocycles. The number of carbonyl (C=O) groups is 2. The minimum atomic E-state index is -0.132. The molecule has 150 valence electrons. The zero-order chi connectivity index (χ0) is 20.5. The van der Waals surface area contributed by atoms with Crippen molar-refractivity contribution in [1.82, 2.24) is 10.2 Å². The van der Waals surface area contributed by atoms with E-state index in [1.165, 1.54) is 6.92 Å². The second-order valence-electron chi connectivity index (χ2n) is 6.57. The molecular weight excluding hydrogens is 356 g/mol. The van der Waals surface area contributed by atoms with Crippen LogP contribution in [0.3, 0.4) is 0 Å². The fourth-order valence-corrected chi connectivity index (χ4v) is 2.92. The van der Waals surface area contributed by atoms with E-state index in [-0.39, 0.29) is 11.8 Å². The molecule has 6 nitrogen and oxygen atoms in total. The van der Waals surface area contributed by atoms with E-state index in [0.29, 0.717) is 43.1 Å². The van der Waals surface area contributed by atoms with E-state index in [1.807, 2.05) is 43.3 Å². The minimum absolute atomic E-state index is 0.0229. The summed E-state index contributed by atoms with van der Waals surface area (Å²) in [6, 6.07) is 13.2. The predicted molar refractivity (Wildman–Crippen MR) is 109 cm³/mol. The van der Waals surface area contributed by atoms with Crippen LogP contribution in [0.5, 0.6) is 11.5 Å². The van der Waals surface area contributed by atoms with Gasteiger partial charge in [-0.15, -0.1) is 0 Å². The van der Waals surface area contributed by atoms with Gasteiger partial charge in [0.2, 0.25) is 5.91 Å². The number of benzene rings is 2. The third-order valence-corrected chi connectivity index (χ3v) is 4.51. The van der Waals surface area contributed by atoms with E-state index < -0.39 is 0 Å². The van der Waals surface area contributed by atoms with Gasteiger partial charge in [-0.1, -0.05) is 23.8 Å². The lowest BCUT2D eigenvalue weighted by molar-refractivity contribution is -0.128. The number of aryl methyl sites for hydroxylation is 1. The molecule has 0 bridgehead atoms. The largest absolute Gasteiger partial charge is 0.493 e. The third-order valence-electron chi connectivity index (χ3n) is 4.51. The normalized spacial score (nSPS) is 10.3. The molecule has 2 amide bonds. The van der Waals surface area contributed by atoms with Crippen LogP contribution >= 0.6 is 0 Å². The molecule has 2 rings (SSSR count). The predicted octanol–water partition coefficient (Wildman–Crippen LogP) is 2.83. The van der Waals surface area contributed by atoms with Crippen LogP contribution < -0.4 is 14.8 Å². The Bertz CT molecular complexity index is 820. The topological polar surface area (TPSA) is 67.9 Å². The van der Waals surface area contributed by atoms with Gasteiger partial charge in [-0.3, -0.25) is 9.59 Å². The fraction of sp³-hybridized carbons (Fsp3) is 0.364. The first kappa shape index (κ1) is 21.3. The lowest BCUT2D eigenvalue weighted by atomic mass is 10.1. The molecule has 0 fully saturated rings. The second-order valence-corrected chi connectivity index (χ2v) is 6.57. The molecule has 0 aliphatic rings. The molecule has 0 aliphatic carbocycles. The van der Waals surface area contributed by atoms with E-state index in [4.69, 9.17) is 9.47 Å². The highest BCUT2D eigenvalue weighted by atomic mass is 16.5. The van der Waals surface area contributed by atoms with Crippen LogP contribution in [0.15, 0.2) is 42.5 Å². The maximum Gasteiger partial charge on any atom is 0.251 e. The number of carbonyl (C=O) groups excluding carboxylic acids is 2. The molecule has 0 saturated heterocycles. The first-order valence-corrected chi connectivity index (χ1v) is 9.26. The van der Waals surface area contributed by atoms with E-state index >= 15 is 0 Å². The molecule has 0 heterocycles. The lowest BCUT2D eigenvalue weighted by Gasteiger charge is -2.21. The zero-order valence-electron chi connectivity index (χ0n) is 17.0. The number of ether oxygens (including phenoxy) is 2. The molecular formula is C22H28N2O4. The van der Waals surface area contributed by atoms with Crippen molar-refractivity contribution in [1.29, 1.82) is 0 Å². The van der Waals surface area contributed by atoms with Crippen LogP contribution in [0, 0.1) is 6.92 Å². The highest BCUT2D eigenvalue weighted by molar-refractivity contribution is 5.94. The molecule has 2 aromatic carbocycles. The van der Waals surface area contributed by atoms with E-state index in [9.17, 15) is 9.59 Å². The van der Waals surface area contributed by atoms with Crippen LogP contribution in [-0.4, -0.2) is 50.6 Å². The molecule has 2 aromatic rings. The van der Waals surface area contributed by atoms with Crippen molar-refractivity contribution < 1.29 is 19.1 Å². The first-order chi connectivity index (χ1) is 13.4. The van der Waals surface area contributed by atoms with Gasteiger partial charge in [0.1, 0.15) is 0 Å². The van der Waals surface area contributed by atoms with Gasteiger partial charge in [-0.05, 0) is 43.2 Å². The van der Waals surface area contributed by atoms with Gasteiger partial charge in [0.15, 0.2) is 11.5 Å². The first-order valence-electron chi connectivity index (χ1n) is 9.26. The van der Waals surface area contributed by atoms with Gasteiger partial charge in [0, 0.05) is 32.1 Å². The van der Waals surface area contributed by atoms with Gasteiger partial charge in [0.05, 0.1) is 14.2 Å². The Morgan fingerprint density at radius 2 is 1.75 bits per heavy atom. The second kappa shape index (κ2) is 10.3. The summed E-state index contributed by atoms with van der Waals surface area (Å²) in [6.07, 6.45) is 0.686. The summed E-state index contributed by atoms with van der Waals surface area (Å²) in [5.41, 5.74) is 2.71. The van der Waals surface area contributed by atoms with Crippen LogP contribution in [0.4, 0.5) is 0 Å². The van der Waals surface area contributed by atoms with Crippen molar-refractivity contribution in [3.05, 3.63) is 59.2 Å². The SMILES string of the molecule is COc1ccc(CCN(CCNC(=O)c2cccc(C)c2)C(C)=O)cc1OC. The summed E-state index contributed by atoms with van der Waals surface area (Å²) in [7, 11) is 3.19. The van der Waals surface area contributed by atoms with Crippen molar-refractivity contribution in [2.75, 3.05) is 33.9 Å². The van der Waals surface area contributed by atoms with Crippen molar-refractivity contribution >= 4 is 11.8 Å². The van der Waals surface area contributed by atoms with Crippen LogP contribution in [-0.2, 0) is 11.2 Å². The molecule has 0 spiro atoms. The monoisotopic (exact) mass is 384 g/mol. The number of amides is 2. The fourth-order valence-electron chi connectivity index (χ4n) is 2.92. The van der Waals surface area contributed by atoms with Crippen LogP contribution in [0.25, 0.3) is 0 Å². The van der Waals surface area contributed by atoms with Gasteiger partial charge in [-0.25, -0.2) is 0 Å². The Hall–Kier alpha value is -3.02. The maximum absolute atomic E-state index is 12.2. The molecule has 0 unspecified atom stereocenters. The van der Waals surface area contributed by atoms with Crippen molar-refractivity contribution in [2.24, 2.45) is 0 Å². The summed E-state index contributed by atoms with van der Waals surface area (Å²) >= 11 is 0. The molecule has 1 N–H and O–H groups in total. The summed E-state index contributed by atoms with van der Waals surface area (Å²) in [4.78, 5) is 25.9. The van der Waals surface area contributed by atoms with E-state index in [0.717, 1.165) is 11.1 Å². The molecule has 28 heavy (non-hydrogen) atoms. The van der Waals surface area contributed by atoms with Crippen LogP contribution in [0.2, 0.25) is 0 Å². The Labute approximate surface area is 166 Å². The number of methoxy groups -OCH3 is 2. The standard InChI is InChI=1S/C22H28N2O4/c1-16-6-5-7-19(14-16)22(26)23-11-13-24(17(2)25)12-10-18-8-9-20(27-3)21(15-18)28-4/h5-9,14-15H,10-13H2,1-4H3,(H,23,26). The van der Waals surface area contributed by atoms with E-state index in [2.05, 4.69) is 5.32 Å². The number of nitrogens with one attached hydrogen (secondary N) is 1. The average Bonchev–Trinajstić information content (AvgIpc) is 2.69. The molecule has 6 heteroatoms. The molecule has 0 aromatic heterocycles. The number of rotatable bonds is 9. The lowest BCUT2D eigenvalue weighted by Crippen LogP contribution is -2.38. The van der Waals surface area contributed by atoms with Gasteiger partial charge >= 0.3 is 0 Å². The average molecular weight is 384 g/mol. The third kappa shape index (κ3) is 6.01. The van der Waals surface area contributed by atoms with Crippen molar-refractivity contribution in [2.45, 2.75) is 20.3 Å². The Morgan fingerprint density at radius 3 is 2.39 bits per heavy atom. The summed E-state index contributed by atoms with van der Waals surface area (Å²) in [5, 5.41) is 2.87. The number of nitrogens with zero attached hydrogens (tertiary/aromatic N) is 1.